The van der Waals surface area contributed by atoms with E-state index < -0.39 is 11.9 Å². The van der Waals surface area contributed by atoms with Crippen molar-refractivity contribution >= 4 is 5.82 Å². The van der Waals surface area contributed by atoms with E-state index in [1.54, 1.807) is 27.3 Å². The number of nitrogens with zero attached hydrogens (tertiary/aromatic N) is 2. The van der Waals surface area contributed by atoms with E-state index in [0.29, 0.717) is 0 Å². The Bertz CT molecular complexity index is 546. The molecule has 2 heterocycles. The Morgan fingerprint density at radius 2 is 2.05 bits per heavy atom. The minimum atomic E-state index is -0.559. The number of rotatable bonds is 5. The van der Waals surface area contributed by atoms with Gasteiger partial charge in [-0.25, -0.2) is 4.79 Å². The zero-order valence-electron chi connectivity index (χ0n) is 12.9. The number of hydrogen-bond acceptors (Lipinski definition) is 6. The van der Waals surface area contributed by atoms with Crippen molar-refractivity contribution < 1.29 is 14.2 Å². The van der Waals surface area contributed by atoms with Crippen molar-refractivity contribution in [2.45, 2.75) is 51.2 Å². The summed E-state index contributed by atoms with van der Waals surface area (Å²) in [6.45, 7) is 3.87. The molecule has 0 bridgehead atoms. The molecule has 1 fully saturated rings. The van der Waals surface area contributed by atoms with E-state index in [1.807, 2.05) is 0 Å². The van der Waals surface area contributed by atoms with E-state index in [-0.39, 0.29) is 24.1 Å². The smallest absolute Gasteiger partial charge is 0.351 e. The summed E-state index contributed by atoms with van der Waals surface area (Å²) in [5.74, 6) is 0.233. The number of methoxy groups -OCH3 is 2. The minimum Gasteiger partial charge on any atom is -0.383 e. The van der Waals surface area contributed by atoms with Gasteiger partial charge in [0.25, 0.3) is 0 Å². The molecule has 1 unspecified atom stereocenters. The van der Waals surface area contributed by atoms with E-state index in [0.717, 1.165) is 18.4 Å². The van der Waals surface area contributed by atoms with Crippen molar-refractivity contribution in [3.8, 4) is 0 Å². The normalized spacial score (nSPS) is 29.0. The Kier molecular flexibility index (Phi) is 4.97. The summed E-state index contributed by atoms with van der Waals surface area (Å²) in [5.41, 5.74) is 5.94. The average Bonchev–Trinajstić information content (AvgIpc) is 2.80. The van der Waals surface area contributed by atoms with E-state index in [1.165, 1.54) is 4.57 Å². The molecule has 2 N–H and O–H groups in total. The van der Waals surface area contributed by atoms with E-state index >= 15 is 0 Å². The lowest BCUT2D eigenvalue weighted by atomic mass is 10.1. The second-order valence-corrected chi connectivity index (χ2v) is 5.25. The minimum absolute atomic E-state index is 0.111. The van der Waals surface area contributed by atoms with Crippen LogP contribution in [-0.4, -0.2) is 42.1 Å². The van der Waals surface area contributed by atoms with Gasteiger partial charge in [0.15, 0.2) is 6.23 Å². The first kappa shape index (κ1) is 15.9. The molecule has 0 amide bonds. The van der Waals surface area contributed by atoms with Crippen LogP contribution >= 0.6 is 0 Å². The number of aryl methyl sites for hydroxylation is 1. The predicted octanol–water partition coefficient (Wildman–Crippen LogP) is 0.861. The molecule has 1 aromatic heterocycles. The van der Waals surface area contributed by atoms with Crippen molar-refractivity contribution in [1.82, 2.24) is 9.55 Å². The second-order valence-electron chi connectivity index (χ2n) is 5.25. The molecule has 4 atom stereocenters. The topological polar surface area (TPSA) is 88.6 Å². The summed E-state index contributed by atoms with van der Waals surface area (Å²) < 4.78 is 18.5. The number of aromatic nitrogens is 2. The van der Waals surface area contributed by atoms with Crippen LogP contribution in [0.15, 0.2) is 11.0 Å². The van der Waals surface area contributed by atoms with Crippen LogP contribution in [0.3, 0.4) is 0 Å². The second kappa shape index (κ2) is 6.55. The van der Waals surface area contributed by atoms with Crippen LogP contribution in [0.5, 0.6) is 0 Å². The molecule has 0 aromatic carbocycles. The Labute approximate surface area is 124 Å². The summed E-state index contributed by atoms with van der Waals surface area (Å²) in [7, 11) is 3.21. The fraction of sp³-hybridized carbons (Fsp3) is 0.714. The molecule has 1 saturated heterocycles. The molecule has 1 aliphatic heterocycles. The summed E-state index contributed by atoms with van der Waals surface area (Å²) in [5, 5.41) is 0. The number of ether oxygens (including phenoxy) is 3. The first-order chi connectivity index (χ1) is 10.0. The average molecular weight is 297 g/mol. The largest absolute Gasteiger partial charge is 0.383 e. The summed E-state index contributed by atoms with van der Waals surface area (Å²) in [6, 6.07) is 0. The van der Waals surface area contributed by atoms with Crippen LogP contribution in [-0.2, 0) is 14.2 Å². The maximum Gasteiger partial charge on any atom is 0.351 e. The molecule has 118 valence electrons. The van der Waals surface area contributed by atoms with Gasteiger partial charge in [-0.2, -0.15) is 4.98 Å². The Morgan fingerprint density at radius 3 is 2.62 bits per heavy atom. The first-order valence-corrected chi connectivity index (χ1v) is 7.09. The van der Waals surface area contributed by atoms with Gasteiger partial charge in [0.1, 0.15) is 18.0 Å². The number of nitrogen functional groups attached to an aromatic ring is 1. The van der Waals surface area contributed by atoms with Gasteiger partial charge in [-0.15, -0.1) is 0 Å². The third kappa shape index (κ3) is 2.95. The summed E-state index contributed by atoms with van der Waals surface area (Å²) in [4.78, 5) is 15.9. The summed E-state index contributed by atoms with van der Waals surface area (Å²) >= 11 is 0. The molecule has 1 aliphatic rings. The monoisotopic (exact) mass is 297 g/mol. The van der Waals surface area contributed by atoms with Crippen molar-refractivity contribution in [2.75, 3.05) is 20.0 Å². The molecule has 2 rings (SSSR count). The van der Waals surface area contributed by atoms with Gasteiger partial charge in [-0.1, -0.05) is 13.3 Å². The molecule has 0 saturated carbocycles. The van der Waals surface area contributed by atoms with Gasteiger partial charge in [-0.05, 0) is 13.3 Å². The highest BCUT2D eigenvalue weighted by Gasteiger charge is 2.46. The maximum absolute atomic E-state index is 12.1. The highest BCUT2D eigenvalue weighted by atomic mass is 16.6. The maximum atomic E-state index is 12.1. The van der Waals surface area contributed by atoms with E-state index in [9.17, 15) is 4.79 Å². The van der Waals surface area contributed by atoms with Crippen molar-refractivity contribution in [3.05, 3.63) is 22.2 Å². The van der Waals surface area contributed by atoms with E-state index in [2.05, 4.69) is 11.9 Å². The lowest BCUT2D eigenvalue weighted by Crippen LogP contribution is -2.38. The van der Waals surface area contributed by atoms with Crippen LogP contribution < -0.4 is 11.4 Å². The lowest BCUT2D eigenvalue weighted by molar-refractivity contribution is -0.0563. The number of nitrogens with two attached hydrogens (primary N) is 1. The van der Waals surface area contributed by atoms with Gasteiger partial charge >= 0.3 is 5.69 Å². The Balaban J connectivity index is 2.38. The van der Waals surface area contributed by atoms with Crippen LogP contribution in [0.1, 0.15) is 31.6 Å². The molecule has 21 heavy (non-hydrogen) atoms. The zero-order chi connectivity index (χ0) is 15.6. The summed E-state index contributed by atoms with van der Waals surface area (Å²) in [6.07, 6.45) is 2.20. The molecule has 0 aliphatic carbocycles. The third-order valence-electron chi connectivity index (χ3n) is 3.85. The van der Waals surface area contributed by atoms with Gasteiger partial charge in [0, 0.05) is 26.0 Å². The van der Waals surface area contributed by atoms with Gasteiger partial charge in [0.2, 0.25) is 0 Å². The first-order valence-electron chi connectivity index (χ1n) is 7.09. The highest BCUT2D eigenvalue weighted by Crippen LogP contribution is 2.34. The molecule has 1 aromatic rings. The van der Waals surface area contributed by atoms with Gasteiger partial charge in [0.05, 0.1) is 6.10 Å². The van der Waals surface area contributed by atoms with Crippen LogP contribution in [0, 0.1) is 6.92 Å². The number of hydrogen-bond donors (Lipinski definition) is 1. The van der Waals surface area contributed by atoms with Crippen LogP contribution in [0.4, 0.5) is 5.82 Å². The molecular weight excluding hydrogens is 274 g/mol. The van der Waals surface area contributed by atoms with Crippen LogP contribution in [0.25, 0.3) is 0 Å². The Morgan fingerprint density at radius 1 is 1.38 bits per heavy atom. The van der Waals surface area contributed by atoms with Gasteiger partial charge < -0.3 is 19.9 Å². The fourth-order valence-corrected chi connectivity index (χ4v) is 2.75. The van der Waals surface area contributed by atoms with Gasteiger partial charge in [-0.3, -0.25) is 4.57 Å². The fourth-order valence-electron chi connectivity index (χ4n) is 2.75. The standard InChI is InChI=1S/C14H23N3O4/c1-5-6-9-10(19-3)11(20-4)13(21-9)17-7-8(2)12(15)16-14(17)18/h7,9-11,13H,5-6H2,1-4H3,(H2,15,16,18)/t9-,10?,11+,13-/m1/s1. The predicted molar refractivity (Wildman–Crippen MR) is 78.1 cm³/mol. The molecule has 7 nitrogen and oxygen atoms in total. The highest BCUT2D eigenvalue weighted by molar-refractivity contribution is 5.35. The molecular formula is C14H23N3O4. The van der Waals surface area contributed by atoms with Crippen molar-refractivity contribution in [2.24, 2.45) is 0 Å². The molecule has 0 spiro atoms. The lowest BCUT2D eigenvalue weighted by Gasteiger charge is -2.22. The zero-order valence-corrected chi connectivity index (χ0v) is 12.9. The molecule has 0 radical (unpaired) electrons. The van der Waals surface area contributed by atoms with E-state index in [4.69, 9.17) is 19.9 Å². The SMILES string of the molecule is CCC[C@H]1O[C@@H](n2cc(C)c(N)nc2=O)[C@@H](OC)C1OC. The quantitative estimate of drug-likeness (QED) is 0.867. The Hall–Kier alpha value is -1.44. The van der Waals surface area contributed by atoms with Crippen LogP contribution in [0.2, 0.25) is 0 Å². The molecule has 7 heteroatoms. The van der Waals surface area contributed by atoms with Crippen molar-refractivity contribution in [1.29, 1.82) is 0 Å². The number of anilines is 1. The third-order valence-corrected chi connectivity index (χ3v) is 3.85. The van der Waals surface area contributed by atoms with Crippen molar-refractivity contribution in [3.63, 3.8) is 0 Å².